The molecule has 0 spiro atoms. The number of carbonyl (C=O) groups excluding carboxylic acids is 1. The lowest BCUT2D eigenvalue weighted by Gasteiger charge is -2.32. The van der Waals surface area contributed by atoms with Crippen LogP contribution in [0.25, 0.3) is 0 Å². The molecule has 0 unspecified atom stereocenters. The second-order valence-corrected chi connectivity index (χ2v) is 8.60. The normalized spacial score (nSPS) is 15.6. The molecule has 5 nitrogen and oxygen atoms in total. The highest BCUT2D eigenvalue weighted by Gasteiger charge is 2.24. The van der Waals surface area contributed by atoms with Gasteiger partial charge in [-0.1, -0.05) is 18.2 Å². The third-order valence-corrected chi connectivity index (χ3v) is 6.44. The molecule has 1 saturated heterocycles. The van der Waals surface area contributed by atoms with Crippen molar-refractivity contribution in [1.82, 2.24) is 9.62 Å². The molecule has 0 aliphatic carbocycles. The maximum absolute atomic E-state index is 13.7. The van der Waals surface area contributed by atoms with Crippen LogP contribution in [0.15, 0.2) is 53.4 Å². The quantitative estimate of drug-likeness (QED) is 0.798. The molecule has 1 N–H and O–H groups in total. The summed E-state index contributed by atoms with van der Waals surface area (Å²) in [6, 6.07) is 11.5. The number of hydrogen-bond acceptors (Lipinski definition) is 3. The van der Waals surface area contributed by atoms with E-state index in [9.17, 15) is 22.0 Å². The SMILES string of the molecule is O=C(c1ccccc1)N1CCC(CCNS(=O)(=O)c2ccc(F)cc2F)CC1. The van der Waals surface area contributed by atoms with E-state index < -0.39 is 26.6 Å². The second kappa shape index (κ2) is 8.79. The van der Waals surface area contributed by atoms with Crippen LogP contribution in [0.1, 0.15) is 29.6 Å². The molecule has 8 heteroatoms. The fourth-order valence-corrected chi connectivity index (χ4v) is 4.46. The summed E-state index contributed by atoms with van der Waals surface area (Å²) in [4.78, 5) is 13.7. The fourth-order valence-electron chi connectivity index (χ4n) is 3.36. The van der Waals surface area contributed by atoms with Crippen molar-refractivity contribution < 1.29 is 22.0 Å². The number of halogens is 2. The van der Waals surface area contributed by atoms with Crippen molar-refractivity contribution in [2.75, 3.05) is 19.6 Å². The van der Waals surface area contributed by atoms with Gasteiger partial charge in [-0.3, -0.25) is 4.79 Å². The summed E-state index contributed by atoms with van der Waals surface area (Å²) in [6.45, 7) is 1.41. The summed E-state index contributed by atoms with van der Waals surface area (Å²) in [6.07, 6.45) is 2.16. The first-order chi connectivity index (χ1) is 13.4. The minimum absolute atomic E-state index is 0.00605. The van der Waals surface area contributed by atoms with Gasteiger partial charge in [-0.05, 0) is 49.4 Å². The van der Waals surface area contributed by atoms with E-state index in [-0.39, 0.29) is 18.4 Å². The lowest BCUT2D eigenvalue weighted by Crippen LogP contribution is -2.39. The Kier molecular flexibility index (Phi) is 6.41. The van der Waals surface area contributed by atoms with Crippen LogP contribution >= 0.6 is 0 Å². The Morgan fingerprint density at radius 3 is 2.39 bits per heavy atom. The van der Waals surface area contributed by atoms with Crippen LogP contribution in [-0.4, -0.2) is 38.9 Å². The topological polar surface area (TPSA) is 66.5 Å². The molecular formula is C20H22F2N2O3S. The summed E-state index contributed by atoms with van der Waals surface area (Å²) < 4.78 is 53.4. The van der Waals surface area contributed by atoms with Crippen molar-refractivity contribution in [3.05, 3.63) is 65.7 Å². The van der Waals surface area contributed by atoms with Gasteiger partial charge in [0.1, 0.15) is 16.5 Å². The molecule has 1 amide bonds. The van der Waals surface area contributed by atoms with Crippen molar-refractivity contribution in [2.24, 2.45) is 5.92 Å². The van der Waals surface area contributed by atoms with E-state index in [2.05, 4.69) is 4.72 Å². The molecule has 1 heterocycles. The Morgan fingerprint density at radius 2 is 1.75 bits per heavy atom. The van der Waals surface area contributed by atoms with Crippen LogP contribution in [-0.2, 0) is 10.0 Å². The molecule has 150 valence electrons. The predicted octanol–water partition coefficient (Wildman–Crippen LogP) is 3.19. The Bertz CT molecular complexity index is 928. The van der Waals surface area contributed by atoms with E-state index in [0.717, 1.165) is 25.0 Å². The number of rotatable bonds is 6. The first-order valence-corrected chi connectivity index (χ1v) is 10.6. The average Bonchev–Trinajstić information content (AvgIpc) is 2.68. The van der Waals surface area contributed by atoms with E-state index in [0.29, 0.717) is 31.1 Å². The number of hydrogen-bond donors (Lipinski definition) is 1. The van der Waals surface area contributed by atoms with Crippen LogP contribution < -0.4 is 4.72 Å². The molecule has 28 heavy (non-hydrogen) atoms. The Morgan fingerprint density at radius 1 is 1.07 bits per heavy atom. The van der Waals surface area contributed by atoms with E-state index in [1.807, 2.05) is 23.1 Å². The van der Waals surface area contributed by atoms with Gasteiger partial charge >= 0.3 is 0 Å². The second-order valence-electron chi connectivity index (χ2n) is 6.86. The fraction of sp³-hybridized carbons (Fsp3) is 0.350. The van der Waals surface area contributed by atoms with Gasteiger partial charge < -0.3 is 4.90 Å². The molecule has 0 bridgehead atoms. The van der Waals surface area contributed by atoms with Gasteiger partial charge in [0.2, 0.25) is 10.0 Å². The van der Waals surface area contributed by atoms with Gasteiger partial charge in [-0.25, -0.2) is 21.9 Å². The number of benzene rings is 2. The van der Waals surface area contributed by atoms with Crippen LogP contribution in [0, 0.1) is 17.6 Å². The molecule has 1 aliphatic rings. The van der Waals surface area contributed by atoms with Crippen molar-refractivity contribution in [2.45, 2.75) is 24.2 Å². The highest BCUT2D eigenvalue weighted by atomic mass is 32.2. The molecule has 0 aromatic heterocycles. The molecule has 2 aromatic rings. The summed E-state index contributed by atoms with van der Waals surface area (Å²) in [7, 11) is -4.02. The van der Waals surface area contributed by atoms with Crippen molar-refractivity contribution in [3.63, 3.8) is 0 Å². The summed E-state index contributed by atoms with van der Waals surface area (Å²) >= 11 is 0. The molecule has 3 rings (SSSR count). The van der Waals surface area contributed by atoms with Crippen LogP contribution in [0.5, 0.6) is 0 Å². The maximum Gasteiger partial charge on any atom is 0.253 e. The van der Waals surface area contributed by atoms with Gasteiger partial charge in [-0.15, -0.1) is 0 Å². The number of piperidine rings is 1. The number of sulfonamides is 1. The average molecular weight is 408 g/mol. The van der Waals surface area contributed by atoms with Crippen molar-refractivity contribution in [3.8, 4) is 0 Å². The molecule has 0 radical (unpaired) electrons. The molecule has 2 aromatic carbocycles. The zero-order valence-corrected chi connectivity index (χ0v) is 16.1. The smallest absolute Gasteiger partial charge is 0.253 e. The van der Waals surface area contributed by atoms with Crippen molar-refractivity contribution >= 4 is 15.9 Å². The zero-order chi connectivity index (χ0) is 20.1. The van der Waals surface area contributed by atoms with Gasteiger partial charge in [0.05, 0.1) is 0 Å². The van der Waals surface area contributed by atoms with Gasteiger partial charge in [0.25, 0.3) is 5.91 Å². The lowest BCUT2D eigenvalue weighted by atomic mass is 9.93. The molecule has 0 atom stereocenters. The summed E-state index contributed by atoms with van der Waals surface area (Å²) in [5, 5.41) is 0. The zero-order valence-electron chi connectivity index (χ0n) is 15.3. The van der Waals surface area contributed by atoms with E-state index in [1.54, 1.807) is 12.1 Å². The third-order valence-electron chi connectivity index (χ3n) is 4.95. The lowest BCUT2D eigenvalue weighted by molar-refractivity contribution is 0.0687. The Labute approximate surface area is 163 Å². The molecule has 1 fully saturated rings. The van der Waals surface area contributed by atoms with Crippen LogP contribution in [0.2, 0.25) is 0 Å². The minimum Gasteiger partial charge on any atom is -0.339 e. The van der Waals surface area contributed by atoms with Crippen molar-refractivity contribution in [1.29, 1.82) is 0 Å². The standard InChI is InChI=1S/C20H22F2N2O3S/c21-17-6-7-19(18(22)14-17)28(26,27)23-11-8-15-9-12-24(13-10-15)20(25)16-4-2-1-3-5-16/h1-7,14-15,23H,8-13H2. The van der Waals surface area contributed by atoms with E-state index >= 15 is 0 Å². The highest BCUT2D eigenvalue weighted by molar-refractivity contribution is 7.89. The summed E-state index contributed by atoms with van der Waals surface area (Å²) in [5.74, 6) is -1.65. The minimum atomic E-state index is -4.02. The molecule has 0 saturated carbocycles. The van der Waals surface area contributed by atoms with Gasteiger partial charge in [-0.2, -0.15) is 0 Å². The molecule has 1 aliphatic heterocycles. The first-order valence-electron chi connectivity index (χ1n) is 9.16. The first kappa shape index (κ1) is 20.4. The number of nitrogens with zero attached hydrogens (tertiary/aromatic N) is 1. The number of likely N-dealkylation sites (tertiary alicyclic amines) is 1. The third kappa shape index (κ3) is 4.94. The summed E-state index contributed by atoms with van der Waals surface area (Å²) in [5.41, 5.74) is 0.662. The van der Waals surface area contributed by atoms with E-state index in [4.69, 9.17) is 0 Å². The Hall–Kier alpha value is -2.32. The van der Waals surface area contributed by atoms with Gasteiger partial charge in [0, 0.05) is 31.3 Å². The highest BCUT2D eigenvalue weighted by Crippen LogP contribution is 2.22. The van der Waals surface area contributed by atoms with Gasteiger partial charge in [0.15, 0.2) is 0 Å². The Balaban J connectivity index is 1.47. The maximum atomic E-state index is 13.7. The monoisotopic (exact) mass is 408 g/mol. The largest absolute Gasteiger partial charge is 0.339 e. The number of carbonyl (C=O) groups is 1. The number of amides is 1. The van der Waals surface area contributed by atoms with Crippen LogP contribution in [0.4, 0.5) is 8.78 Å². The number of nitrogens with one attached hydrogen (secondary N) is 1. The van der Waals surface area contributed by atoms with E-state index in [1.165, 1.54) is 0 Å². The van der Waals surface area contributed by atoms with Crippen LogP contribution in [0.3, 0.4) is 0 Å². The molecular weight excluding hydrogens is 386 g/mol. The predicted molar refractivity (Wildman–Crippen MR) is 101 cm³/mol.